The number of nitrogens with zero attached hydrogens (tertiary/aromatic N) is 9. The van der Waals surface area contributed by atoms with Gasteiger partial charge in [0.25, 0.3) is 34.4 Å². The molecule has 0 bridgehead atoms. The van der Waals surface area contributed by atoms with E-state index in [2.05, 4.69) is 0 Å². The molecule has 28 heteroatoms. The van der Waals surface area contributed by atoms with Crippen LogP contribution < -0.4 is 31.4 Å². The number of benzene rings is 9. The Morgan fingerprint density at radius 1 is 0.322 bits per heavy atom. The first-order valence-corrected chi connectivity index (χ1v) is 40.7. The van der Waals surface area contributed by atoms with Gasteiger partial charge in [0, 0.05) is 116 Å². The van der Waals surface area contributed by atoms with Gasteiger partial charge in [-0.1, -0.05) is 106 Å². The highest BCUT2D eigenvalue weighted by atomic mass is 35.5. The van der Waals surface area contributed by atoms with Crippen LogP contribution in [0.3, 0.4) is 0 Å². The average molecular weight is 1700 g/mol. The summed E-state index contributed by atoms with van der Waals surface area (Å²) in [6.45, 7) is 16.3. The second-order valence-corrected chi connectivity index (χ2v) is 30.7. The molecule has 3 amide bonds. The molecule has 0 radical (unpaired) electrons. The molecule has 9 aromatic carbocycles. The summed E-state index contributed by atoms with van der Waals surface area (Å²) in [5.74, 6) is -4.14. The largest absolute Gasteiger partial charge is 0.462 e. The van der Waals surface area contributed by atoms with Crippen molar-refractivity contribution in [2.24, 2.45) is 0 Å². The van der Waals surface area contributed by atoms with E-state index in [0.717, 1.165) is 33.0 Å². The van der Waals surface area contributed by atoms with Crippen molar-refractivity contribution in [1.82, 2.24) is 28.4 Å². The lowest BCUT2D eigenvalue weighted by Gasteiger charge is -2.37. The second kappa shape index (κ2) is 38.2. The fourth-order valence-electron chi connectivity index (χ4n) is 15.4. The number of aromatic nitrogens is 3. The number of carbonyl (C=O) groups is 6. The first-order valence-electron chi connectivity index (χ1n) is 39.6. The molecule has 3 aliphatic heterocycles. The van der Waals surface area contributed by atoms with Crippen molar-refractivity contribution in [3.05, 3.63) is 330 Å². The third-order valence-electron chi connectivity index (χ3n) is 21.4. The SMILES string of the molecule is CCOC(=O)c1c(N2CCN(C(=O)c3ccc(Cl)c(Cl)c3)CC2)c2cc(C)ccc2n(Cc2ccc(F)cc2)c1=O.CCOC(=O)c1c(N2CCN(C(=O)c3ccc(Cl)cc3)CC2)c2cc(C)ccc2n(Cc2ccc(F)cc2)c1=O.CCOC(=O)c1c(N2CCN(C(=O)c3ccc(F)cc3)CC2)c2cc(C)ccc2n(Cc2ccc(F)cc2)c1=O. The van der Waals surface area contributed by atoms with Crippen molar-refractivity contribution in [2.75, 3.05) is 113 Å². The standard InChI is InChI=1S/C31H28Cl2FN3O4.C31H29ClFN3O4.C31H29F2N3O4/c1-3-41-31(40)27-28(35-12-14-36(15-13-35)29(38)21-7-10-24(32)25(33)17-21)23-16-19(2)4-11-26(23)37(30(27)39)18-20-5-8-22(34)9-6-20;1-3-40-31(39)27-28(34-14-16-35(17-15-34)29(37)22-7-9-23(32)10-8-22)25-18-20(2)4-13-26(25)36(30(27)38)19-21-5-11-24(33)12-6-21;1-3-40-31(39)27-28(34-14-16-35(17-15-34)29(37)22-7-11-24(33)12-8-22)25-18-20(2)4-13-26(25)36(30(27)38)19-21-5-9-23(32)10-6-21/h4-11,16-17H,3,12-15,18H2,1-2H3;2*4-13,18H,3,14-17,19H2,1-2H3. The van der Waals surface area contributed by atoms with Crippen LogP contribution in [0, 0.1) is 44.0 Å². The molecule has 21 nitrogen and oxygen atoms in total. The van der Waals surface area contributed by atoms with Crippen LogP contribution in [0.2, 0.25) is 15.1 Å². The Morgan fingerprint density at radius 3 is 0.868 bits per heavy atom. The molecule has 3 fully saturated rings. The molecule has 15 rings (SSSR count). The zero-order valence-corrected chi connectivity index (χ0v) is 69.5. The normalized spacial score (nSPS) is 13.5. The van der Waals surface area contributed by atoms with E-state index in [4.69, 9.17) is 49.0 Å². The molecule has 6 heterocycles. The van der Waals surface area contributed by atoms with Crippen LogP contribution in [0.25, 0.3) is 32.7 Å². The Kier molecular flexibility index (Phi) is 27.2. The Morgan fingerprint density at radius 2 is 0.587 bits per heavy atom. The number of hydrogen-bond donors (Lipinski definition) is 0. The maximum absolute atomic E-state index is 14.0. The number of hydrogen-bond acceptors (Lipinski definition) is 15. The number of esters is 3. The number of aryl methyl sites for hydroxylation is 3. The van der Waals surface area contributed by atoms with Gasteiger partial charge in [-0.25, -0.2) is 31.9 Å². The van der Waals surface area contributed by atoms with Crippen LogP contribution in [0.4, 0.5) is 34.6 Å². The molecule has 0 aliphatic carbocycles. The number of rotatable bonds is 18. The lowest BCUT2D eigenvalue weighted by atomic mass is 10.0. The summed E-state index contributed by atoms with van der Waals surface area (Å²) in [7, 11) is 0. The maximum atomic E-state index is 14.0. The molecular weight excluding hydrogens is 1620 g/mol. The Bertz CT molecular complexity index is 5880. The van der Waals surface area contributed by atoms with Gasteiger partial charge in [0.2, 0.25) is 0 Å². The van der Waals surface area contributed by atoms with Crippen LogP contribution in [-0.2, 0) is 33.8 Å². The van der Waals surface area contributed by atoms with E-state index in [-0.39, 0.29) is 91.3 Å². The topological polar surface area (TPSA) is 216 Å². The number of amides is 3. The first-order chi connectivity index (χ1) is 58.2. The van der Waals surface area contributed by atoms with Gasteiger partial charge < -0.3 is 57.3 Å². The van der Waals surface area contributed by atoms with Crippen LogP contribution >= 0.6 is 34.8 Å². The third-order valence-corrected chi connectivity index (χ3v) is 22.4. The number of carbonyl (C=O) groups excluding carboxylic acids is 6. The van der Waals surface area contributed by atoms with Crippen LogP contribution in [0.1, 0.15) is 116 Å². The zero-order valence-electron chi connectivity index (χ0n) is 67.3. The molecule has 0 saturated carbocycles. The van der Waals surface area contributed by atoms with E-state index in [1.807, 2.05) is 90.1 Å². The van der Waals surface area contributed by atoms with E-state index in [9.17, 15) is 60.7 Å². The molecule has 0 atom stereocenters. The van der Waals surface area contributed by atoms with Gasteiger partial charge in [0.1, 0.15) is 40.0 Å². The molecule has 0 unspecified atom stereocenters. The number of halogens is 7. The molecule has 12 aromatic rings. The number of piperazine rings is 3. The van der Waals surface area contributed by atoms with Crippen LogP contribution in [-0.4, -0.2) is 162 Å². The Hall–Kier alpha value is -12.6. The van der Waals surface area contributed by atoms with E-state index in [1.165, 1.54) is 74.4 Å². The summed E-state index contributed by atoms with van der Waals surface area (Å²) >= 11 is 18.1. The van der Waals surface area contributed by atoms with E-state index >= 15 is 0 Å². The molecule has 121 heavy (non-hydrogen) atoms. The van der Waals surface area contributed by atoms with Crippen molar-refractivity contribution in [3.8, 4) is 0 Å². The summed E-state index contributed by atoms with van der Waals surface area (Å²) in [5, 5.41) is 3.41. The monoisotopic (exact) mass is 1700 g/mol. The number of anilines is 3. The first kappa shape index (κ1) is 86.3. The van der Waals surface area contributed by atoms with Crippen molar-refractivity contribution in [2.45, 2.75) is 61.2 Å². The predicted molar refractivity (Wildman–Crippen MR) is 462 cm³/mol. The lowest BCUT2D eigenvalue weighted by Crippen LogP contribution is -2.49. The van der Waals surface area contributed by atoms with Gasteiger partial charge in [-0.2, -0.15) is 0 Å². The van der Waals surface area contributed by atoms with Gasteiger partial charge in [0.15, 0.2) is 0 Å². The molecule has 624 valence electrons. The summed E-state index contributed by atoms with van der Waals surface area (Å²) in [6, 6.07) is 51.8. The van der Waals surface area contributed by atoms with Crippen molar-refractivity contribution >= 4 is 120 Å². The Labute approximate surface area is 709 Å². The highest BCUT2D eigenvalue weighted by Crippen LogP contribution is 2.37. The molecular formula is C93H86Cl3F4N9O12. The summed E-state index contributed by atoms with van der Waals surface area (Å²) < 4.78 is 74.6. The fourth-order valence-corrected chi connectivity index (χ4v) is 15.8. The molecule has 0 N–H and O–H groups in total. The molecule has 3 aromatic heterocycles. The number of pyridine rings is 3. The van der Waals surface area contributed by atoms with Gasteiger partial charge in [0.05, 0.1) is 83.1 Å². The second-order valence-electron chi connectivity index (χ2n) is 29.4. The van der Waals surface area contributed by atoms with Gasteiger partial charge in [-0.3, -0.25) is 28.8 Å². The van der Waals surface area contributed by atoms with Crippen molar-refractivity contribution < 1.29 is 60.5 Å². The number of ether oxygens (including phenoxy) is 3. The van der Waals surface area contributed by atoms with E-state index < -0.39 is 40.4 Å². The van der Waals surface area contributed by atoms with Gasteiger partial charge in [-0.15, -0.1) is 0 Å². The molecule has 3 aliphatic rings. The highest BCUT2D eigenvalue weighted by Gasteiger charge is 2.35. The van der Waals surface area contributed by atoms with Crippen molar-refractivity contribution in [1.29, 1.82) is 0 Å². The highest BCUT2D eigenvalue weighted by molar-refractivity contribution is 6.42. The van der Waals surface area contributed by atoms with Gasteiger partial charge in [-0.05, 0) is 198 Å². The van der Waals surface area contributed by atoms with Crippen LogP contribution in [0.15, 0.2) is 209 Å². The zero-order chi connectivity index (χ0) is 86.0. The average Bonchev–Trinajstić information content (AvgIpc) is 0.750. The minimum Gasteiger partial charge on any atom is -0.462 e. The summed E-state index contributed by atoms with van der Waals surface area (Å²) in [4.78, 5) is 132. The minimum atomic E-state index is -0.719. The van der Waals surface area contributed by atoms with Gasteiger partial charge >= 0.3 is 17.9 Å². The Balaban J connectivity index is 0.000000157. The minimum absolute atomic E-state index is 0.0421. The molecule has 0 spiro atoms. The summed E-state index contributed by atoms with van der Waals surface area (Å²) in [5.41, 5.74) is 8.16. The third kappa shape index (κ3) is 19.3. The quantitative estimate of drug-likeness (QED) is 0.0443. The number of fused-ring (bicyclic) bond motifs is 3. The van der Waals surface area contributed by atoms with Crippen LogP contribution in [0.5, 0.6) is 0 Å². The molecule has 3 saturated heterocycles. The fraction of sp³-hybridized carbons (Fsp3) is 0.258. The smallest absolute Gasteiger partial charge is 0.345 e. The maximum Gasteiger partial charge on any atom is 0.345 e. The predicted octanol–water partition coefficient (Wildman–Crippen LogP) is 16.0. The van der Waals surface area contributed by atoms with E-state index in [0.29, 0.717) is 160 Å². The van der Waals surface area contributed by atoms with Crippen molar-refractivity contribution in [3.63, 3.8) is 0 Å². The lowest BCUT2D eigenvalue weighted by molar-refractivity contribution is 0.0514. The van der Waals surface area contributed by atoms with E-state index in [1.54, 1.807) is 114 Å². The summed E-state index contributed by atoms with van der Waals surface area (Å²) in [6.07, 6.45) is 0.